The lowest BCUT2D eigenvalue weighted by atomic mass is 9.83. The third-order valence-corrected chi connectivity index (χ3v) is 17.0. The van der Waals surface area contributed by atoms with Gasteiger partial charge in [-0.2, -0.15) is 0 Å². The first-order valence-corrected chi connectivity index (χ1v) is 27.3. The molecule has 0 amide bonds. The minimum absolute atomic E-state index is 0.821. The van der Waals surface area contributed by atoms with Gasteiger partial charge in [-0.3, -0.25) is 0 Å². The predicted molar refractivity (Wildman–Crippen MR) is 333 cm³/mol. The summed E-state index contributed by atoms with van der Waals surface area (Å²) in [6.45, 7) is 0. The van der Waals surface area contributed by atoms with Crippen LogP contribution >= 0.6 is 0 Å². The highest BCUT2D eigenvalue weighted by Gasteiger charge is 2.25. The Bertz CT molecular complexity index is 5570. The summed E-state index contributed by atoms with van der Waals surface area (Å²) < 4.78 is 26.8. The van der Waals surface area contributed by atoms with Gasteiger partial charge in [0.05, 0.1) is 0 Å². The molecule has 4 nitrogen and oxygen atoms in total. The Labute approximate surface area is 456 Å². The number of para-hydroxylation sites is 4. The molecule has 0 aliphatic carbocycles. The van der Waals surface area contributed by atoms with Crippen molar-refractivity contribution in [3.8, 4) is 55.6 Å². The molecule has 4 heterocycles. The van der Waals surface area contributed by atoms with Gasteiger partial charge in [0, 0.05) is 48.7 Å². The zero-order chi connectivity index (χ0) is 52.2. The molecular formula is C76H42O4. The Balaban J connectivity index is 0.849. The maximum atomic E-state index is 7.07. The highest BCUT2D eigenvalue weighted by molar-refractivity contribution is 6.29. The number of hydrogen-bond acceptors (Lipinski definition) is 4. The van der Waals surface area contributed by atoms with E-state index in [1.54, 1.807) is 0 Å². The van der Waals surface area contributed by atoms with Crippen molar-refractivity contribution >= 4 is 131 Å². The largest absolute Gasteiger partial charge is 0.456 e. The van der Waals surface area contributed by atoms with Crippen molar-refractivity contribution in [3.63, 3.8) is 0 Å². The van der Waals surface area contributed by atoms with Crippen LogP contribution in [0.5, 0.6) is 0 Å². The smallest absolute Gasteiger partial charge is 0.143 e. The SMILES string of the molecule is c1ccc2c(c1)oc1ccc(-c3c4ccccc4c(-c4ccc5oc6c(-c7cc(-c8c9ccccc9c(-c9cccc%10oc%11ccccc%11c9%10)c9ccccc89)c8c(c7)oc7ccccc78)cccc6c5c4)c4ccccc34)cc12. The van der Waals surface area contributed by atoms with Gasteiger partial charge in [-0.1, -0.05) is 194 Å². The quantitative estimate of drug-likeness (QED) is 0.161. The van der Waals surface area contributed by atoms with Gasteiger partial charge in [0.2, 0.25) is 0 Å². The lowest BCUT2D eigenvalue weighted by Crippen LogP contribution is -1.92. The maximum Gasteiger partial charge on any atom is 0.143 e. The molecule has 0 N–H and O–H groups in total. The van der Waals surface area contributed by atoms with Crippen LogP contribution in [-0.4, -0.2) is 0 Å². The van der Waals surface area contributed by atoms with Crippen LogP contribution in [0.15, 0.2) is 272 Å². The van der Waals surface area contributed by atoms with Gasteiger partial charge in [-0.15, -0.1) is 0 Å². The van der Waals surface area contributed by atoms with Crippen molar-refractivity contribution < 1.29 is 17.7 Å². The Hall–Kier alpha value is -10.7. The van der Waals surface area contributed by atoms with Gasteiger partial charge in [0.15, 0.2) is 0 Å². The lowest BCUT2D eigenvalue weighted by Gasteiger charge is -2.19. The van der Waals surface area contributed by atoms with Gasteiger partial charge >= 0.3 is 0 Å². The fraction of sp³-hybridized carbons (Fsp3) is 0. The molecule has 18 aromatic rings. The number of benzene rings is 14. The molecule has 0 aliphatic rings. The molecule has 370 valence electrons. The molecule has 4 heteroatoms. The molecule has 0 radical (unpaired) electrons. The molecule has 0 unspecified atom stereocenters. The summed E-state index contributed by atoms with van der Waals surface area (Å²) in [4.78, 5) is 0. The fourth-order valence-electron chi connectivity index (χ4n) is 13.7. The second-order valence-corrected chi connectivity index (χ2v) is 21.3. The lowest BCUT2D eigenvalue weighted by molar-refractivity contribution is 0.668. The summed E-state index contributed by atoms with van der Waals surface area (Å²) in [5.74, 6) is 0. The first kappa shape index (κ1) is 43.4. The summed E-state index contributed by atoms with van der Waals surface area (Å²) in [6, 6.07) is 91.6. The normalized spacial score (nSPS) is 12.2. The van der Waals surface area contributed by atoms with E-state index in [1.165, 1.54) is 49.0 Å². The van der Waals surface area contributed by atoms with E-state index in [4.69, 9.17) is 17.7 Å². The third kappa shape index (κ3) is 6.10. The van der Waals surface area contributed by atoms with Crippen molar-refractivity contribution in [2.75, 3.05) is 0 Å². The Morgan fingerprint density at radius 2 is 0.537 bits per heavy atom. The van der Waals surface area contributed by atoms with Gasteiger partial charge in [-0.05, 0) is 154 Å². The van der Waals surface area contributed by atoms with Gasteiger partial charge in [0.25, 0.3) is 0 Å². The molecule has 0 fully saturated rings. The van der Waals surface area contributed by atoms with Crippen molar-refractivity contribution in [1.82, 2.24) is 0 Å². The molecule has 80 heavy (non-hydrogen) atoms. The van der Waals surface area contributed by atoms with E-state index < -0.39 is 0 Å². The van der Waals surface area contributed by atoms with E-state index >= 15 is 0 Å². The first-order valence-electron chi connectivity index (χ1n) is 27.3. The third-order valence-electron chi connectivity index (χ3n) is 17.0. The molecule has 18 rings (SSSR count). The number of hydrogen-bond donors (Lipinski definition) is 0. The monoisotopic (exact) mass is 1020 g/mol. The van der Waals surface area contributed by atoms with E-state index in [0.717, 1.165) is 137 Å². The minimum Gasteiger partial charge on any atom is -0.456 e. The molecule has 0 spiro atoms. The number of furan rings is 4. The Kier molecular flexibility index (Phi) is 8.91. The van der Waals surface area contributed by atoms with Crippen LogP contribution in [0.25, 0.3) is 186 Å². The van der Waals surface area contributed by atoms with Crippen molar-refractivity contribution in [1.29, 1.82) is 0 Å². The van der Waals surface area contributed by atoms with Crippen molar-refractivity contribution in [3.05, 3.63) is 255 Å². The highest BCUT2D eigenvalue weighted by atomic mass is 16.3. The summed E-state index contributed by atoms with van der Waals surface area (Å²) in [5, 5.41) is 18.2. The van der Waals surface area contributed by atoms with E-state index in [9.17, 15) is 0 Å². The molecule has 0 bridgehead atoms. The summed E-state index contributed by atoms with van der Waals surface area (Å²) in [7, 11) is 0. The van der Waals surface area contributed by atoms with E-state index in [2.05, 4.69) is 237 Å². The Morgan fingerprint density at radius 1 is 0.175 bits per heavy atom. The van der Waals surface area contributed by atoms with Crippen LogP contribution in [0.1, 0.15) is 0 Å². The molecular weight excluding hydrogens is 977 g/mol. The standard InChI is InChI=1S/C76H42O4/c1-3-20-50-48(18-1)70(43-35-37-66-60(39-43)47-17-9-12-31-63(47)77-66)49-19-2-4-21-51(49)71(50)44-36-38-67-61(40-44)56-29-15-28-46(76(56)80-67)45-41-62(75-58-27-11-14-33-65(58)79-69(75)42-45)73-54-24-7-5-22-52(54)72(53-23-6-8-25-55(53)73)59-30-16-34-68-74(59)57-26-10-13-32-64(57)78-68/h1-42H. The van der Waals surface area contributed by atoms with Crippen LogP contribution in [-0.2, 0) is 0 Å². The molecule has 14 aromatic carbocycles. The summed E-state index contributed by atoms with van der Waals surface area (Å²) in [5.41, 5.74) is 18.2. The second kappa shape index (κ2) is 16.4. The van der Waals surface area contributed by atoms with Gasteiger partial charge < -0.3 is 17.7 Å². The second-order valence-electron chi connectivity index (χ2n) is 21.3. The molecule has 0 saturated heterocycles. The average Bonchev–Trinajstić information content (AvgIpc) is 4.44. The minimum atomic E-state index is 0.821. The van der Waals surface area contributed by atoms with Crippen LogP contribution < -0.4 is 0 Å². The van der Waals surface area contributed by atoms with Crippen molar-refractivity contribution in [2.45, 2.75) is 0 Å². The van der Waals surface area contributed by atoms with Crippen LogP contribution in [0.3, 0.4) is 0 Å². The zero-order valence-corrected chi connectivity index (χ0v) is 42.9. The summed E-state index contributed by atoms with van der Waals surface area (Å²) >= 11 is 0. The number of fused-ring (bicyclic) bond motifs is 16. The average molecular weight is 1020 g/mol. The van der Waals surface area contributed by atoms with Crippen LogP contribution in [0.4, 0.5) is 0 Å². The molecule has 0 atom stereocenters. The molecule has 0 aliphatic heterocycles. The number of rotatable bonds is 5. The molecule has 0 saturated carbocycles. The first-order chi connectivity index (χ1) is 39.7. The highest BCUT2D eigenvalue weighted by Crippen LogP contribution is 2.52. The fourth-order valence-corrected chi connectivity index (χ4v) is 13.7. The van der Waals surface area contributed by atoms with E-state index in [0.29, 0.717) is 0 Å². The van der Waals surface area contributed by atoms with Crippen LogP contribution in [0, 0.1) is 0 Å². The van der Waals surface area contributed by atoms with E-state index in [1.807, 2.05) is 18.2 Å². The van der Waals surface area contributed by atoms with E-state index in [-0.39, 0.29) is 0 Å². The predicted octanol–water partition coefficient (Wildman–Crippen LogP) is 22.2. The Morgan fingerprint density at radius 3 is 1.10 bits per heavy atom. The van der Waals surface area contributed by atoms with Gasteiger partial charge in [0.1, 0.15) is 44.7 Å². The zero-order valence-electron chi connectivity index (χ0n) is 42.9. The topological polar surface area (TPSA) is 52.6 Å². The molecule has 4 aromatic heterocycles. The van der Waals surface area contributed by atoms with Gasteiger partial charge in [-0.25, -0.2) is 0 Å². The maximum absolute atomic E-state index is 7.07. The van der Waals surface area contributed by atoms with Crippen LogP contribution in [0.2, 0.25) is 0 Å². The van der Waals surface area contributed by atoms with Crippen molar-refractivity contribution in [2.24, 2.45) is 0 Å². The summed E-state index contributed by atoms with van der Waals surface area (Å²) in [6.07, 6.45) is 0.